The number of hydrogen-bond donors (Lipinski definition) is 1. The van der Waals surface area contributed by atoms with Gasteiger partial charge in [-0.25, -0.2) is 0 Å². The van der Waals surface area contributed by atoms with Gasteiger partial charge in [-0.3, -0.25) is 4.79 Å². The zero-order chi connectivity index (χ0) is 15.5. The van der Waals surface area contributed by atoms with Crippen molar-refractivity contribution in [2.75, 3.05) is 19.6 Å². The molecule has 1 unspecified atom stereocenters. The summed E-state index contributed by atoms with van der Waals surface area (Å²) in [5.74, 6) is -0.303. The molecule has 1 atom stereocenters. The van der Waals surface area contributed by atoms with E-state index in [9.17, 15) is 18.0 Å². The largest absolute Gasteiger partial charge is 0.573 e. The lowest BCUT2D eigenvalue weighted by Crippen LogP contribution is -2.51. The molecule has 21 heavy (non-hydrogen) atoms. The Kier molecular flexibility index (Phi) is 4.72. The predicted octanol–water partition coefficient (Wildman–Crippen LogP) is 1.95. The normalized spacial score (nSPS) is 19.4. The quantitative estimate of drug-likeness (QED) is 0.928. The second-order valence-corrected chi connectivity index (χ2v) is 5.06. The number of rotatable bonds is 3. The average Bonchev–Trinajstić information content (AvgIpc) is 2.39. The molecule has 1 fully saturated rings. The Morgan fingerprint density at radius 2 is 2.05 bits per heavy atom. The number of nitrogens with one attached hydrogen (secondary N) is 1. The summed E-state index contributed by atoms with van der Waals surface area (Å²) in [6.07, 6.45) is -4.52. The van der Waals surface area contributed by atoms with E-state index in [0.717, 1.165) is 6.54 Å². The van der Waals surface area contributed by atoms with Gasteiger partial charge in [0.2, 0.25) is 5.91 Å². The summed E-state index contributed by atoms with van der Waals surface area (Å²) in [5, 5.41) is 3.24. The molecule has 2 rings (SSSR count). The highest BCUT2D eigenvalue weighted by atomic mass is 19.4. The maximum Gasteiger partial charge on any atom is 0.573 e. The molecule has 1 amide bonds. The first-order valence-electron chi connectivity index (χ1n) is 6.69. The first kappa shape index (κ1) is 15.6. The maximum absolute atomic E-state index is 12.1. The third kappa shape index (κ3) is 4.93. The molecule has 1 saturated heterocycles. The van der Waals surface area contributed by atoms with Gasteiger partial charge in [0.25, 0.3) is 0 Å². The van der Waals surface area contributed by atoms with Crippen molar-refractivity contribution in [2.24, 2.45) is 0 Å². The van der Waals surface area contributed by atoms with Crippen LogP contribution in [0.1, 0.15) is 12.5 Å². The third-order valence-corrected chi connectivity index (χ3v) is 3.23. The molecular formula is C14H17F3N2O2. The molecule has 0 radical (unpaired) electrons. The molecule has 0 aromatic heterocycles. The van der Waals surface area contributed by atoms with Gasteiger partial charge in [-0.2, -0.15) is 0 Å². The monoisotopic (exact) mass is 302 g/mol. The third-order valence-electron chi connectivity index (χ3n) is 3.23. The molecule has 1 heterocycles. The number of carbonyl (C=O) groups is 1. The Hall–Kier alpha value is -1.76. The van der Waals surface area contributed by atoms with Crippen molar-refractivity contribution >= 4 is 5.91 Å². The fourth-order valence-corrected chi connectivity index (χ4v) is 2.25. The van der Waals surface area contributed by atoms with Crippen LogP contribution < -0.4 is 10.1 Å². The molecule has 1 aromatic carbocycles. The van der Waals surface area contributed by atoms with E-state index in [1.54, 1.807) is 4.90 Å². The van der Waals surface area contributed by atoms with Gasteiger partial charge in [0.15, 0.2) is 0 Å². The number of halogens is 3. The summed E-state index contributed by atoms with van der Waals surface area (Å²) < 4.78 is 39.9. The Bertz CT molecular complexity index is 488. The molecule has 0 spiro atoms. The standard InChI is InChI=1S/C14H17F3N2O2/c1-10-9-19(7-6-18-10)13(20)8-11-2-4-12(5-3-11)21-14(15,16)17/h2-5,10,18H,6-9H2,1H3. The Morgan fingerprint density at radius 1 is 1.38 bits per heavy atom. The van der Waals surface area contributed by atoms with E-state index in [1.165, 1.54) is 24.3 Å². The van der Waals surface area contributed by atoms with E-state index < -0.39 is 6.36 Å². The lowest BCUT2D eigenvalue weighted by molar-refractivity contribution is -0.274. The first-order valence-corrected chi connectivity index (χ1v) is 6.69. The second kappa shape index (κ2) is 6.34. The predicted molar refractivity (Wildman–Crippen MR) is 70.9 cm³/mol. The fourth-order valence-electron chi connectivity index (χ4n) is 2.25. The maximum atomic E-state index is 12.1. The Labute approximate surface area is 120 Å². The van der Waals surface area contributed by atoms with Crippen molar-refractivity contribution in [3.8, 4) is 5.75 Å². The van der Waals surface area contributed by atoms with Crippen LogP contribution in [0.4, 0.5) is 13.2 Å². The van der Waals surface area contributed by atoms with Gasteiger partial charge in [0.1, 0.15) is 5.75 Å². The van der Waals surface area contributed by atoms with Gasteiger partial charge < -0.3 is 15.0 Å². The number of hydrogen-bond acceptors (Lipinski definition) is 3. The van der Waals surface area contributed by atoms with E-state index in [-0.39, 0.29) is 24.1 Å². The van der Waals surface area contributed by atoms with Crippen molar-refractivity contribution in [1.29, 1.82) is 0 Å². The van der Waals surface area contributed by atoms with Crippen LogP contribution in [0.5, 0.6) is 5.75 Å². The van der Waals surface area contributed by atoms with Crippen LogP contribution in [0, 0.1) is 0 Å². The molecule has 0 aliphatic carbocycles. The van der Waals surface area contributed by atoms with Crippen molar-refractivity contribution in [3.63, 3.8) is 0 Å². The summed E-state index contributed by atoms with van der Waals surface area (Å²) in [5.41, 5.74) is 0.667. The zero-order valence-electron chi connectivity index (χ0n) is 11.6. The van der Waals surface area contributed by atoms with Crippen LogP contribution in [0.3, 0.4) is 0 Å². The molecule has 4 nitrogen and oxygen atoms in total. The molecule has 0 bridgehead atoms. The zero-order valence-corrected chi connectivity index (χ0v) is 11.6. The average molecular weight is 302 g/mol. The fraction of sp³-hybridized carbons (Fsp3) is 0.500. The van der Waals surface area contributed by atoms with Gasteiger partial charge in [-0.1, -0.05) is 12.1 Å². The summed E-state index contributed by atoms with van der Waals surface area (Å²) in [7, 11) is 0. The van der Waals surface area contributed by atoms with Crippen molar-refractivity contribution in [1.82, 2.24) is 10.2 Å². The lowest BCUT2D eigenvalue weighted by Gasteiger charge is -2.32. The highest BCUT2D eigenvalue weighted by Crippen LogP contribution is 2.23. The van der Waals surface area contributed by atoms with Crippen molar-refractivity contribution in [3.05, 3.63) is 29.8 Å². The number of alkyl halides is 3. The minimum atomic E-state index is -4.70. The number of ether oxygens (including phenoxy) is 1. The van der Waals surface area contributed by atoms with Gasteiger partial charge >= 0.3 is 6.36 Å². The molecule has 1 aliphatic heterocycles. The first-order chi connectivity index (χ1) is 9.83. The van der Waals surface area contributed by atoms with Gasteiger partial charge in [-0.15, -0.1) is 13.2 Å². The van der Waals surface area contributed by atoms with Crippen LogP contribution in [0.25, 0.3) is 0 Å². The van der Waals surface area contributed by atoms with Crippen LogP contribution in [-0.4, -0.2) is 42.8 Å². The number of amides is 1. The van der Waals surface area contributed by atoms with E-state index in [2.05, 4.69) is 10.1 Å². The second-order valence-electron chi connectivity index (χ2n) is 5.06. The highest BCUT2D eigenvalue weighted by molar-refractivity contribution is 5.79. The number of nitrogens with zero attached hydrogens (tertiary/aromatic N) is 1. The lowest BCUT2D eigenvalue weighted by atomic mass is 10.1. The van der Waals surface area contributed by atoms with Crippen molar-refractivity contribution in [2.45, 2.75) is 25.7 Å². The molecular weight excluding hydrogens is 285 g/mol. The molecule has 0 saturated carbocycles. The molecule has 1 aromatic rings. The molecule has 1 N–H and O–H groups in total. The number of carbonyl (C=O) groups excluding carboxylic acids is 1. The summed E-state index contributed by atoms with van der Waals surface area (Å²) >= 11 is 0. The molecule has 116 valence electrons. The summed E-state index contributed by atoms with van der Waals surface area (Å²) in [6.45, 7) is 4.06. The van der Waals surface area contributed by atoms with Crippen LogP contribution in [0.2, 0.25) is 0 Å². The minimum absolute atomic E-state index is 0.0205. The smallest absolute Gasteiger partial charge is 0.406 e. The van der Waals surface area contributed by atoms with Crippen molar-refractivity contribution < 1.29 is 22.7 Å². The Morgan fingerprint density at radius 3 is 2.62 bits per heavy atom. The van der Waals surface area contributed by atoms with Crippen LogP contribution in [0.15, 0.2) is 24.3 Å². The van der Waals surface area contributed by atoms with Gasteiger partial charge in [0.05, 0.1) is 6.42 Å². The summed E-state index contributed by atoms with van der Waals surface area (Å²) in [4.78, 5) is 13.9. The highest BCUT2D eigenvalue weighted by Gasteiger charge is 2.31. The van der Waals surface area contributed by atoms with Crippen LogP contribution >= 0.6 is 0 Å². The topological polar surface area (TPSA) is 41.6 Å². The summed E-state index contributed by atoms with van der Waals surface area (Å²) in [6, 6.07) is 5.65. The SMILES string of the molecule is CC1CN(C(=O)Cc2ccc(OC(F)(F)F)cc2)CCN1. The minimum Gasteiger partial charge on any atom is -0.406 e. The van der Waals surface area contributed by atoms with Gasteiger partial charge in [-0.05, 0) is 24.6 Å². The Balaban J connectivity index is 1.92. The van der Waals surface area contributed by atoms with E-state index in [0.29, 0.717) is 18.7 Å². The van der Waals surface area contributed by atoms with E-state index >= 15 is 0 Å². The van der Waals surface area contributed by atoms with Crippen LogP contribution in [-0.2, 0) is 11.2 Å². The van der Waals surface area contributed by atoms with E-state index in [1.807, 2.05) is 6.92 Å². The number of piperazine rings is 1. The van der Waals surface area contributed by atoms with E-state index in [4.69, 9.17) is 0 Å². The molecule has 7 heteroatoms. The van der Waals surface area contributed by atoms with Gasteiger partial charge in [0, 0.05) is 25.7 Å². The number of benzene rings is 1. The molecule has 1 aliphatic rings.